The van der Waals surface area contributed by atoms with E-state index in [-0.39, 0.29) is 12.6 Å². The van der Waals surface area contributed by atoms with Gasteiger partial charge in [-0.25, -0.2) is 35.7 Å². The number of benzene rings is 1. The lowest BCUT2D eigenvalue weighted by Crippen LogP contribution is -2.26. The lowest BCUT2D eigenvalue weighted by atomic mass is 10.3. The normalized spacial score (nSPS) is 11.9. The van der Waals surface area contributed by atoms with Gasteiger partial charge in [0.25, 0.3) is 0 Å². The molecular formula is C11H8F4N2O2S2. The minimum Gasteiger partial charge on any atom is -0.250 e. The molecule has 0 aliphatic heterocycles. The molecule has 0 amide bonds. The molecule has 0 bridgehead atoms. The number of aryl methyl sites for hydroxylation is 1. The maximum atomic E-state index is 13.5. The SMILES string of the molecule is Cc1ncc(CNS(=O)(=O)c2c(F)c(F)cc(F)c2F)s1. The summed E-state index contributed by atoms with van der Waals surface area (Å²) >= 11 is 1.16. The van der Waals surface area contributed by atoms with Crippen molar-refractivity contribution in [2.24, 2.45) is 0 Å². The molecule has 0 saturated heterocycles. The second kappa shape index (κ2) is 5.70. The zero-order valence-corrected chi connectivity index (χ0v) is 12.1. The van der Waals surface area contributed by atoms with Gasteiger partial charge in [0.1, 0.15) is 0 Å². The highest BCUT2D eigenvalue weighted by Crippen LogP contribution is 2.24. The molecule has 0 unspecified atom stereocenters. The van der Waals surface area contributed by atoms with Crippen LogP contribution in [0.1, 0.15) is 9.88 Å². The van der Waals surface area contributed by atoms with Crippen LogP contribution in [0.3, 0.4) is 0 Å². The Morgan fingerprint density at radius 1 is 1.19 bits per heavy atom. The van der Waals surface area contributed by atoms with Gasteiger partial charge in [-0.1, -0.05) is 0 Å². The van der Waals surface area contributed by atoms with Gasteiger partial charge in [0.15, 0.2) is 28.2 Å². The minimum absolute atomic E-state index is 0.0593. The molecule has 0 saturated carbocycles. The number of sulfonamides is 1. The van der Waals surface area contributed by atoms with Crippen molar-refractivity contribution in [2.75, 3.05) is 0 Å². The van der Waals surface area contributed by atoms with Crippen LogP contribution < -0.4 is 4.72 Å². The topological polar surface area (TPSA) is 59.1 Å². The van der Waals surface area contributed by atoms with Crippen molar-refractivity contribution >= 4 is 21.4 Å². The van der Waals surface area contributed by atoms with Crippen LogP contribution in [0.4, 0.5) is 17.6 Å². The van der Waals surface area contributed by atoms with Crippen molar-refractivity contribution in [2.45, 2.75) is 18.4 Å². The molecular weight excluding hydrogens is 332 g/mol. The maximum absolute atomic E-state index is 13.5. The van der Waals surface area contributed by atoms with Crippen LogP contribution in [0.5, 0.6) is 0 Å². The predicted octanol–water partition coefficient (Wildman–Crippen LogP) is 2.49. The Morgan fingerprint density at radius 3 is 2.24 bits per heavy atom. The molecule has 1 heterocycles. The molecule has 2 aromatic rings. The van der Waals surface area contributed by atoms with Gasteiger partial charge >= 0.3 is 0 Å². The van der Waals surface area contributed by atoms with Crippen LogP contribution in [-0.2, 0) is 16.6 Å². The predicted molar refractivity (Wildman–Crippen MR) is 67.2 cm³/mol. The van der Waals surface area contributed by atoms with Gasteiger partial charge in [0.2, 0.25) is 10.0 Å². The van der Waals surface area contributed by atoms with E-state index in [0.29, 0.717) is 9.88 Å². The number of nitrogens with one attached hydrogen (secondary N) is 1. The fourth-order valence-corrected chi connectivity index (χ4v) is 3.50. The molecule has 0 atom stereocenters. The molecule has 0 fully saturated rings. The van der Waals surface area contributed by atoms with Crippen molar-refractivity contribution in [3.05, 3.63) is 45.4 Å². The number of halogens is 4. The standard InChI is InChI=1S/C11H8F4N2O2S2/c1-5-16-3-6(20-5)4-17-21(18,19)11-9(14)7(12)2-8(13)10(11)15/h2-3,17H,4H2,1H3. The average Bonchev–Trinajstić information content (AvgIpc) is 2.80. The monoisotopic (exact) mass is 340 g/mol. The van der Waals surface area contributed by atoms with Crippen molar-refractivity contribution in [1.82, 2.24) is 9.71 Å². The Kier molecular flexibility index (Phi) is 4.30. The Bertz CT molecular complexity index is 764. The molecule has 0 radical (unpaired) electrons. The Hall–Kier alpha value is -1.52. The molecule has 4 nitrogen and oxygen atoms in total. The molecule has 0 spiro atoms. The summed E-state index contributed by atoms with van der Waals surface area (Å²) in [5, 5.41) is 0.665. The van der Waals surface area contributed by atoms with E-state index >= 15 is 0 Å². The molecule has 0 aliphatic rings. The lowest BCUT2D eigenvalue weighted by molar-refractivity contribution is 0.418. The first kappa shape index (κ1) is 15.9. The van der Waals surface area contributed by atoms with Crippen molar-refractivity contribution < 1.29 is 26.0 Å². The zero-order chi connectivity index (χ0) is 15.8. The number of rotatable bonds is 4. The summed E-state index contributed by atoms with van der Waals surface area (Å²) < 4.78 is 78.5. The fraction of sp³-hybridized carbons (Fsp3) is 0.182. The van der Waals surface area contributed by atoms with E-state index in [4.69, 9.17) is 0 Å². The van der Waals surface area contributed by atoms with Crippen LogP contribution in [-0.4, -0.2) is 13.4 Å². The third kappa shape index (κ3) is 3.22. The van der Waals surface area contributed by atoms with Crippen molar-refractivity contribution in [1.29, 1.82) is 0 Å². The van der Waals surface area contributed by atoms with Crippen molar-refractivity contribution in [3.8, 4) is 0 Å². The largest absolute Gasteiger partial charge is 0.250 e. The molecule has 1 aromatic carbocycles. The van der Waals surface area contributed by atoms with Gasteiger partial charge < -0.3 is 0 Å². The third-order valence-corrected chi connectivity index (χ3v) is 4.78. The highest BCUT2D eigenvalue weighted by Gasteiger charge is 2.29. The average molecular weight is 340 g/mol. The second-order valence-electron chi connectivity index (χ2n) is 3.97. The van der Waals surface area contributed by atoms with Gasteiger partial charge in [0, 0.05) is 23.7 Å². The van der Waals surface area contributed by atoms with Gasteiger partial charge in [-0.05, 0) is 6.92 Å². The van der Waals surface area contributed by atoms with Crippen LogP contribution in [0.15, 0.2) is 17.2 Å². The number of aromatic nitrogens is 1. The van der Waals surface area contributed by atoms with Crippen LogP contribution in [0.2, 0.25) is 0 Å². The molecule has 114 valence electrons. The van der Waals surface area contributed by atoms with E-state index in [1.54, 1.807) is 6.92 Å². The number of nitrogens with zero attached hydrogens (tertiary/aromatic N) is 1. The molecule has 1 N–H and O–H groups in total. The first-order valence-electron chi connectivity index (χ1n) is 5.46. The molecule has 2 rings (SSSR count). The van der Waals surface area contributed by atoms with E-state index in [1.807, 2.05) is 4.72 Å². The Morgan fingerprint density at radius 2 is 1.76 bits per heavy atom. The first-order valence-corrected chi connectivity index (χ1v) is 7.76. The van der Waals surface area contributed by atoms with Gasteiger partial charge in [-0.2, -0.15) is 0 Å². The second-order valence-corrected chi connectivity index (χ2v) is 6.99. The lowest BCUT2D eigenvalue weighted by Gasteiger charge is -2.08. The minimum atomic E-state index is -4.76. The van der Waals surface area contributed by atoms with E-state index in [2.05, 4.69) is 4.98 Å². The van der Waals surface area contributed by atoms with Gasteiger partial charge in [0.05, 0.1) is 5.01 Å². The smallest absolute Gasteiger partial charge is 0.246 e. The fourth-order valence-electron chi connectivity index (χ4n) is 1.51. The van der Waals surface area contributed by atoms with E-state index in [1.165, 1.54) is 6.20 Å². The number of hydrogen-bond acceptors (Lipinski definition) is 4. The van der Waals surface area contributed by atoms with E-state index in [9.17, 15) is 26.0 Å². The van der Waals surface area contributed by atoms with Crippen LogP contribution in [0.25, 0.3) is 0 Å². The van der Waals surface area contributed by atoms with Gasteiger partial charge in [-0.15, -0.1) is 11.3 Å². The van der Waals surface area contributed by atoms with Crippen LogP contribution >= 0.6 is 11.3 Å². The molecule has 1 aromatic heterocycles. The summed E-state index contributed by atoms with van der Waals surface area (Å²) in [6.45, 7) is 1.38. The Labute approximate surface area is 121 Å². The molecule has 0 aliphatic carbocycles. The van der Waals surface area contributed by atoms with Crippen LogP contribution in [0, 0.1) is 30.2 Å². The molecule has 10 heteroatoms. The van der Waals surface area contributed by atoms with E-state index < -0.39 is 38.2 Å². The summed E-state index contributed by atoms with van der Waals surface area (Å²) in [6.07, 6.45) is 1.38. The van der Waals surface area contributed by atoms with Gasteiger partial charge in [-0.3, -0.25) is 0 Å². The number of hydrogen-bond donors (Lipinski definition) is 1. The Balaban J connectivity index is 2.36. The zero-order valence-electron chi connectivity index (χ0n) is 10.5. The third-order valence-electron chi connectivity index (χ3n) is 2.45. The molecule has 21 heavy (non-hydrogen) atoms. The number of thiazole rings is 1. The van der Waals surface area contributed by atoms with Crippen molar-refractivity contribution in [3.63, 3.8) is 0 Å². The summed E-state index contributed by atoms with van der Waals surface area (Å²) in [7, 11) is -4.76. The summed E-state index contributed by atoms with van der Waals surface area (Å²) in [4.78, 5) is 2.67. The highest BCUT2D eigenvalue weighted by molar-refractivity contribution is 7.89. The summed E-state index contributed by atoms with van der Waals surface area (Å²) in [6, 6.07) is -0.0593. The van der Waals surface area contributed by atoms with E-state index in [0.717, 1.165) is 11.3 Å². The summed E-state index contributed by atoms with van der Waals surface area (Å²) in [5.74, 6) is -7.52. The highest BCUT2D eigenvalue weighted by atomic mass is 32.2. The quantitative estimate of drug-likeness (QED) is 0.687. The maximum Gasteiger partial charge on any atom is 0.246 e. The summed E-state index contributed by atoms with van der Waals surface area (Å²) in [5.41, 5.74) is 0. The first-order chi connectivity index (χ1) is 9.72.